The van der Waals surface area contributed by atoms with Gasteiger partial charge in [0.2, 0.25) is 5.91 Å². The lowest BCUT2D eigenvalue weighted by molar-refractivity contribution is -0.117. The van der Waals surface area contributed by atoms with Crippen molar-refractivity contribution in [2.75, 3.05) is 5.32 Å². The third-order valence-corrected chi connectivity index (χ3v) is 5.30. The minimum absolute atomic E-state index is 0.144. The number of anilines is 1. The van der Waals surface area contributed by atoms with Gasteiger partial charge in [0.05, 0.1) is 10.3 Å². The molecule has 140 valence electrons. The van der Waals surface area contributed by atoms with Crippen LogP contribution >= 0.6 is 11.3 Å². The molecule has 4 rings (SSSR count). The first-order valence-electron chi connectivity index (χ1n) is 8.93. The third-order valence-electron chi connectivity index (χ3n) is 4.42. The lowest BCUT2D eigenvalue weighted by Crippen LogP contribution is -2.30. The van der Waals surface area contributed by atoms with Crippen molar-refractivity contribution in [2.24, 2.45) is 0 Å². The molecule has 1 N–H and O–H groups in total. The highest BCUT2D eigenvalue weighted by Crippen LogP contribution is 2.28. The summed E-state index contributed by atoms with van der Waals surface area (Å²) >= 11 is 1.55. The van der Waals surface area contributed by atoms with Crippen molar-refractivity contribution in [1.29, 1.82) is 0 Å². The van der Waals surface area contributed by atoms with E-state index in [2.05, 4.69) is 10.4 Å². The number of hydrogen-bond acceptors (Lipinski definition) is 4. The molecular formula is C22H19N3O2S. The van der Waals surface area contributed by atoms with E-state index in [0.29, 0.717) is 11.1 Å². The Labute approximate surface area is 166 Å². The number of carbonyl (C=O) groups excluding carboxylic acids is 1. The van der Waals surface area contributed by atoms with E-state index in [0.717, 1.165) is 27.1 Å². The Hall–Kier alpha value is -3.25. The lowest BCUT2D eigenvalue weighted by atomic mass is 10.1. The van der Waals surface area contributed by atoms with E-state index in [9.17, 15) is 9.59 Å². The molecule has 4 aromatic rings. The zero-order valence-electron chi connectivity index (χ0n) is 15.6. The number of aromatic nitrogens is 2. The van der Waals surface area contributed by atoms with Gasteiger partial charge in [-0.05, 0) is 54.6 Å². The maximum absolute atomic E-state index is 12.9. The Morgan fingerprint density at radius 2 is 1.75 bits per heavy atom. The molecule has 0 aliphatic carbocycles. The van der Waals surface area contributed by atoms with E-state index in [1.54, 1.807) is 17.4 Å². The number of benzene rings is 2. The van der Waals surface area contributed by atoms with E-state index >= 15 is 0 Å². The van der Waals surface area contributed by atoms with E-state index in [1.807, 2.05) is 67.8 Å². The summed E-state index contributed by atoms with van der Waals surface area (Å²) in [5, 5.41) is 10.7. The van der Waals surface area contributed by atoms with Crippen molar-refractivity contribution in [3.05, 3.63) is 81.5 Å². The average Bonchev–Trinajstić information content (AvgIpc) is 3.17. The number of rotatable bonds is 4. The minimum atomic E-state index is -0.285. The molecule has 0 spiro atoms. The molecule has 2 heterocycles. The summed E-state index contributed by atoms with van der Waals surface area (Å²) in [7, 11) is 0. The molecule has 0 radical (unpaired) electrons. The molecule has 2 aromatic carbocycles. The Morgan fingerprint density at radius 1 is 1.04 bits per heavy atom. The van der Waals surface area contributed by atoms with E-state index in [4.69, 9.17) is 0 Å². The Morgan fingerprint density at radius 3 is 2.43 bits per heavy atom. The summed E-state index contributed by atoms with van der Waals surface area (Å²) in [5.41, 5.74) is 3.29. The first-order valence-corrected chi connectivity index (χ1v) is 9.81. The molecule has 0 aliphatic heterocycles. The van der Waals surface area contributed by atoms with Crippen LogP contribution in [0.25, 0.3) is 21.3 Å². The maximum Gasteiger partial charge on any atom is 0.275 e. The van der Waals surface area contributed by atoms with Crippen molar-refractivity contribution in [3.63, 3.8) is 0 Å². The van der Waals surface area contributed by atoms with Crippen molar-refractivity contribution >= 4 is 33.7 Å². The second kappa shape index (κ2) is 7.40. The Balaban J connectivity index is 1.71. The van der Waals surface area contributed by atoms with Gasteiger partial charge in [-0.15, -0.1) is 11.3 Å². The first kappa shape index (κ1) is 18.1. The van der Waals surface area contributed by atoms with Gasteiger partial charge in [0.15, 0.2) is 0 Å². The molecule has 0 fully saturated rings. The smallest absolute Gasteiger partial charge is 0.275 e. The molecule has 5 nitrogen and oxygen atoms in total. The van der Waals surface area contributed by atoms with Crippen LogP contribution in [-0.4, -0.2) is 15.7 Å². The monoisotopic (exact) mass is 389 g/mol. The molecule has 28 heavy (non-hydrogen) atoms. The van der Waals surface area contributed by atoms with Gasteiger partial charge in [-0.3, -0.25) is 9.59 Å². The molecule has 6 heteroatoms. The fourth-order valence-electron chi connectivity index (χ4n) is 3.32. The molecule has 0 saturated heterocycles. The third kappa shape index (κ3) is 3.59. The van der Waals surface area contributed by atoms with Crippen molar-refractivity contribution in [1.82, 2.24) is 9.78 Å². The highest BCUT2D eigenvalue weighted by atomic mass is 32.1. The molecule has 0 aliphatic rings. The largest absolute Gasteiger partial charge is 0.324 e. The number of nitrogens with one attached hydrogen (secondary N) is 1. The minimum Gasteiger partial charge on any atom is -0.324 e. The van der Waals surface area contributed by atoms with Gasteiger partial charge in [0.25, 0.3) is 5.56 Å². The van der Waals surface area contributed by atoms with Crippen LogP contribution in [0.2, 0.25) is 0 Å². The lowest BCUT2D eigenvalue weighted by Gasteiger charge is -2.11. The van der Waals surface area contributed by atoms with Gasteiger partial charge in [-0.1, -0.05) is 30.3 Å². The Bertz CT molecular complexity index is 1210. The standard InChI is InChI=1S/C22H19N3O2S/c1-14-10-15(2)12-16(11-14)23-20(26)13-25-22(27)18-7-4-3-6-17(18)21(24-25)19-8-5-9-28-19/h3-12H,13H2,1-2H3,(H,23,26). The van der Waals surface area contributed by atoms with Gasteiger partial charge < -0.3 is 5.32 Å². The fraction of sp³-hybridized carbons (Fsp3) is 0.136. The SMILES string of the molecule is Cc1cc(C)cc(NC(=O)Cn2nc(-c3cccs3)c3ccccc3c2=O)c1. The van der Waals surface area contributed by atoms with Crippen LogP contribution in [0.1, 0.15) is 11.1 Å². The predicted octanol–water partition coefficient (Wildman–Crippen LogP) is 4.38. The second-order valence-corrected chi connectivity index (χ2v) is 7.71. The number of amides is 1. The number of hydrogen-bond donors (Lipinski definition) is 1. The van der Waals surface area contributed by atoms with Crippen LogP contribution in [0, 0.1) is 13.8 Å². The molecule has 2 aromatic heterocycles. The van der Waals surface area contributed by atoms with Gasteiger partial charge >= 0.3 is 0 Å². The number of aryl methyl sites for hydroxylation is 2. The summed E-state index contributed by atoms with van der Waals surface area (Å²) < 4.78 is 1.25. The van der Waals surface area contributed by atoms with E-state index < -0.39 is 0 Å². The summed E-state index contributed by atoms with van der Waals surface area (Å²) in [6, 6.07) is 17.1. The molecule has 0 saturated carbocycles. The second-order valence-electron chi connectivity index (χ2n) is 6.76. The van der Waals surface area contributed by atoms with E-state index in [1.165, 1.54) is 4.68 Å². The zero-order valence-corrected chi connectivity index (χ0v) is 16.4. The summed E-state index contributed by atoms with van der Waals surface area (Å²) in [6.45, 7) is 3.81. The van der Waals surface area contributed by atoms with Gasteiger partial charge in [-0.2, -0.15) is 5.10 Å². The van der Waals surface area contributed by atoms with Crippen molar-refractivity contribution in [2.45, 2.75) is 20.4 Å². The molecule has 1 amide bonds. The van der Waals surface area contributed by atoms with Gasteiger partial charge in [-0.25, -0.2) is 4.68 Å². The van der Waals surface area contributed by atoms with Crippen LogP contribution in [0.3, 0.4) is 0 Å². The quantitative estimate of drug-likeness (QED) is 0.563. The van der Waals surface area contributed by atoms with Gasteiger partial charge in [0.1, 0.15) is 12.2 Å². The highest BCUT2D eigenvalue weighted by Gasteiger charge is 2.15. The number of carbonyl (C=O) groups is 1. The highest BCUT2D eigenvalue weighted by molar-refractivity contribution is 7.13. The van der Waals surface area contributed by atoms with Crippen molar-refractivity contribution < 1.29 is 4.79 Å². The molecule has 0 atom stereocenters. The summed E-state index contributed by atoms with van der Waals surface area (Å²) in [6.07, 6.45) is 0. The van der Waals surface area contributed by atoms with Crippen LogP contribution in [0.4, 0.5) is 5.69 Å². The summed E-state index contributed by atoms with van der Waals surface area (Å²) in [5.74, 6) is -0.285. The summed E-state index contributed by atoms with van der Waals surface area (Å²) in [4.78, 5) is 26.4. The van der Waals surface area contributed by atoms with Crippen molar-refractivity contribution in [3.8, 4) is 10.6 Å². The van der Waals surface area contributed by atoms with E-state index in [-0.39, 0.29) is 18.0 Å². The number of thiophene rings is 1. The fourth-order valence-corrected chi connectivity index (χ4v) is 4.04. The van der Waals surface area contributed by atoms with Crippen LogP contribution < -0.4 is 10.9 Å². The van der Waals surface area contributed by atoms with Crippen LogP contribution in [0.15, 0.2) is 64.8 Å². The molecule has 0 unspecified atom stereocenters. The van der Waals surface area contributed by atoms with Crippen LogP contribution in [0.5, 0.6) is 0 Å². The first-order chi connectivity index (χ1) is 13.5. The number of nitrogens with zero attached hydrogens (tertiary/aromatic N) is 2. The topological polar surface area (TPSA) is 64.0 Å². The Kier molecular flexibility index (Phi) is 4.79. The number of fused-ring (bicyclic) bond motifs is 1. The zero-order chi connectivity index (χ0) is 19.7. The molecule has 0 bridgehead atoms. The molecular weight excluding hydrogens is 370 g/mol. The van der Waals surface area contributed by atoms with Crippen LogP contribution in [-0.2, 0) is 11.3 Å². The predicted molar refractivity (Wildman–Crippen MR) is 114 cm³/mol. The average molecular weight is 389 g/mol. The van der Waals surface area contributed by atoms with Gasteiger partial charge in [0, 0.05) is 11.1 Å². The maximum atomic E-state index is 12.9. The normalized spacial score (nSPS) is 10.9.